The lowest BCUT2D eigenvalue weighted by Gasteiger charge is -2.34. The molecule has 1 aliphatic heterocycles. The maximum Gasteiger partial charge on any atom is 0.339 e. The van der Waals surface area contributed by atoms with E-state index in [0.717, 1.165) is 25.7 Å². The third-order valence-corrected chi connectivity index (χ3v) is 5.93. The SMILES string of the molecule is CCC1CCCCN1S(=O)(=O)c1ccccc1C(=O)OC. The first-order valence-electron chi connectivity index (χ1n) is 7.21. The number of esters is 1. The second-order valence-electron chi connectivity index (χ2n) is 5.16. The number of rotatable bonds is 4. The number of hydrogen-bond acceptors (Lipinski definition) is 4. The van der Waals surface area contributed by atoms with Crippen LogP contribution in [0.3, 0.4) is 0 Å². The van der Waals surface area contributed by atoms with E-state index in [4.69, 9.17) is 4.74 Å². The molecule has 1 aromatic carbocycles. The van der Waals surface area contributed by atoms with Gasteiger partial charge in [0.15, 0.2) is 0 Å². The van der Waals surface area contributed by atoms with Crippen LogP contribution in [-0.2, 0) is 14.8 Å². The van der Waals surface area contributed by atoms with Crippen LogP contribution in [0.4, 0.5) is 0 Å². The van der Waals surface area contributed by atoms with E-state index in [2.05, 4.69) is 0 Å². The van der Waals surface area contributed by atoms with Crippen LogP contribution in [0, 0.1) is 0 Å². The van der Waals surface area contributed by atoms with Crippen molar-refractivity contribution in [2.24, 2.45) is 0 Å². The molecule has 0 aliphatic carbocycles. The minimum atomic E-state index is -3.68. The van der Waals surface area contributed by atoms with Gasteiger partial charge in [-0.25, -0.2) is 13.2 Å². The minimum Gasteiger partial charge on any atom is -0.465 e. The van der Waals surface area contributed by atoms with E-state index in [1.807, 2.05) is 6.92 Å². The maximum absolute atomic E-state index is 12.9. The number of sulfonamides is 1. The minimum absolute atomic E-state index is 0.00875. The third kappa shape index (κ3) is 3.11. The first-order chi connectivity index (χ1) is 10.0. The highest BCUT2D eigenvalue weighted by Crippen LogP contribution is 2.28. The highest BCUT2D eigenvalue weighted by Gasteiger charge is 2.34. The fraction of sp³-hybridized carbons (Fsp3) is 0.533. The molecule has 21 heavy (non-hydrogen) atoms. The summed E-state index contributed by atoms with van der Waals surface area (Å²) in [7, 11) is -2.43. The standard InChI is InChI=1S/C15H21NO4S/c1-3-12-8-6-7-11-16(12)21(18,19)14-10-5-4-9-13(14)15(17)20-2/h4-5,9-10,12H,3,6-8,11H2,1-2H3. The highest BCUT2D eigenvalue weighted by molar-refractivity contribution is 7.89. The van der Waals surface area contributed by atoms with Gasteiger partial charge in [-0.1, -0.05) is 25.5 Å². The monoisotopic (exact) mass is 311 g/mol. The molecule has 0 aromatic heterocycles. The largest absolute Gasteiger partial charge is 0.465 e. The van der Waals surface area contributed by atoms with Crippen molar-refractivity contribution in [3.8, 4) is 0 Å². The predicted molar refractivity (Wildman–Crippen MR) is 79.6 cm³/mol. The van der Waals surface area contributed by atoms with Gasteiger partial charge in [-0.3, -0.25) is 0 Å². The fourth-order valence-corrected chi connectivity index (χ4v) is 4.74. The Balaban J connectivity index is 2.46. The summed E-state index contributed by atoms with van der Waals surface area (Å²) in [4.78, 5) is 11.8. The van der Waals surface area contributed by atoms with Crippen LogP contribution < -0.4 is 0 Å². The summed E-state index contributed by atoms with van der Waals surface area (Å²) < 4.78 is 32.1. The molecule has 0 spiro atoms. The van der Waals surface area contributed by atoms with Crippen molar-refractivity contribution in [3.05, 3.63) is 29.8 Å². The smallest absolute Gasteiger partial charge is 0.339 e. The Morgan fingerprint density at radius 1 is 1.33 bits per heavy atom. The number of ether oxygens (including phenoxy) is 1. The Morgan fingerprint density at radius 2 is 2.05 bits per heavy atom. The summed E-state index contributed by atoms with van der Waals surface area (Å²) >= 11 is 0. The average Bonchev–Trinajstić information content (AvgIpc) is 2.54. The molecular formula is C15H21NO4S. The molecule has 116 valence electrons. The summed E-state index contributed by atoms with van der Waals surface area (Å²) in [5.74, 6) is -0.626. The molecule has 5 nitrogen and oxygen atoms in total. The summed E-state index contributed by atoms with van der Waals surface area (Å²) in [6.45, 7) is 2.50. The molecule has 1 unspecified atom stereocenters. The van der Waals surface area contributed by atoms with Crippen molar-refractivity contribution >= 4 is 16.0 Å². The molecule has 0 amide bonds. The van der Waals surface area contributed by atoms with Crippen molar-refractivity contribution in [3.63, 3.8) is 0 Å². The Bertz CT molecular complexity index is 612. The number of piperidine rings is 1. The number of benzene rings is 1. The second-order valence-corrected chi connectivity index (χ2v) is 7.02. The molecule has 1 saturated heterocycles. The molecule has 0 radical (unpaired) electrons. The predicted octanol–water partition coefficient (Wildman–Crippen LogP) is 2.43. The van der Waals surface area contributed by atoms with Crippen LogP contribution in [0.5, 0.6) is 0 Å². The molecular weight excluding hydrogens is 290 g/mol. The molecule has 2 rings (SSSR count). The molecule has 1 fully saturated rings. The molecule has 1 heterocycles. The number of carbonyl (C=O) groups is 1. The quantitative estimate of drug-likeness (QED) is 0.801. The van der Waals surface area contributed by atoms with Gasteiger partial charge in [0.2, 0.25) is 10.0 Å². The lowest BCUT2D eigenvalue weighted by atomic mass is 10.0. The van der Waals surface area contributed by atoms with Crippen molar-refractivity contribution in [1.82, 2.24) is 4.31 Å². The third-order valence-electron chi connectivity index (χ3n) is 3.92. The first-order valence-corrected chi connectivity index (χ1v) is 8.65. The van der Waals surface area contributed by atoms with Gasteiger partial charge in [0.1, 0.15) is 0 Å². The summed E-state index contributed by atoms with van der Waals surface area (Å²) in [5.41, 5.74) is 0.0976. The van der Waals surface area contributed by atoms with E-state index < -0.39 is 16.0 Å². The molecule has 0 saturated carbocycles. The Hall–Kier alpha value is -1.40. The Kier molecular flexibility index (Phi) is 5.00. The molecule has 0 bridgehead atoms. The van der Waals surface area contributed by atoms with Crippen molar-refractivity contribution in [2.45, 2.75) is 43.5 Å². The molecule has 6 heteroatoms. The molecule has 1 aromatic rings. The van der Waals surface area contributed by atoms with Crippen molar-refractivity contribution < 1.29 is 17.9 Å². The molecule has 0 N–H and O–H groups in total. The molecule has 1 aliphatic rings. The van der Waals surface area contributed by atoms with Gasteiger partial charge < -0.3 is 4.74 Å². The summed E-state index contributed by atoms with van der Waals surface area (Å²) in [5, 5.41) is 0. The van der Waals surface area contributed by atoms with Crippen molar-refractivity contribution in [2.75, 3.05) is 13.7 Å². The van der Waals surface area contributed by atoms with Gasteiger partial charge in [-0.05, 0) is 31.4 Å². The lowest BCUT2D eigenvalue weighted by molar-refractivity contribution is 0.0596. The number of nitrogens with zero attached hydrogens (tertiary/aromatic N) is 1. The normalized spacial score (nSPS) is 20.2. The zero-order valence-corrected chi connectivity index (χ0v) is 13.2. The zero-order valence-electron chi connectivity index (χ0n) is 12.4. The van der Waals surface area contributed by atoms with E-state index in [9.17, 15) is 13.2 Å². The average molecular weight is 311 g/mol. The van der Waals surface area contributed by atoms with E-state index in [-0.39, 0.29) is 16.5 Å². The Labute approximate surface area is 126 Å². The zero-order chi connectivity index (χ0) is 15.5. The van der Waals surface area contributed by atoms with E-state index in [1.165, 1.54) is 23.5 Å². The van der Waals surface area contributed by atoms with Gasteiger partial charge in [0.05, 0.1) is 17.6 Å². The number of methoxy groups -OCH3 is 1. The topological polar surface area (TPSA) is 63.7 Å². The maximum atomic E-state index is 12.9. The van der Waals surface area contributed by atoms with Crippen LogP contribution in [0.25, 0.3) is 0 Å². The van der Waals surface area contributed by atoms with Crippen LogP contribution in [0.2, 0.25) is 0 Å². The number of hydrogen-bond donors (Lipinski definition) is 0. The van der Waals surface area contributed by atoms with Crippen LogP contribution >= 0.6 is 0 Å². The van der Waals surface area contributed by atoms with E-state index >= 15 is 0 Å². The van der Waals surface area contributed by atoms with Gasteiger partial charge in [-0.15, -0.1) is 0 Å². The van der Waals surface area contributed by atoms with Crippen LogP contribution in [-0.4, -0.2) is 38.4 Å². The van der Waals surface area contributed by atoms with Gasteiger partial charge in [-0.2, -0.15) is 4.31 Å². The van der Waals surface area contributed by atoms with Gasteiger partial charge >= 0.3 is 5.97 Å². The van der Waals surface area contributed by atoms with Gasteiger partial charge in [0, 0.05) is 12.6 Å². The summed E-state index contributed by atoms with van der Waals surface area (Å²) in [6, 6.07) is 6.24. The van der Waals surface area contributed by atoms with Gasteiger partial charge in [0.25, 0.3) is 0 Å². The lowest BCUT2D eigenvalue weighted by Crippen LogP contribution is -2.43. The fourth-order valence-electron chi connectivity index (χ4n) is 2.79. The second kappa shape index (κ2) is 6.58. The highest BCUT2D eigenvalue weighted by atomic mass is 32.2. The van der Waals surface area contributed by atoms with Crippen LogP contribution in [0.1, 0.15) is 43.0 Å². The van der Waals surface area contributed by atoms with E-state index in [1.54, 1.807) is 12.1 Å². The Morgan fingerprint density at radius 3 is 2.71 bits per heavy atom. The summed E-state index contributed by atoms with van der Waals surface area (Å²) in [6.07, 6.45) is 3.55. The van der Waals surface area contributed by atoms with Crippen LogP contribution in [0.15, 0.2) is 29.2 Å². The van der Waals surface area contributed by atoms with Crippen molar-refractivity contribution in [1.29, 1.82) is 0 Å². The number of carbonyl (C=O) groups excluding carboxylic acids is 1. The van der Waals surface area contributed by atoms with E-state index in [0.29, 0.717) is 6.54 Å². The molecule has 1 atom stereocenters. The first kappa shape index (κ1) is 16.0.